The quantitative estimate of drug-likeness (QED) is 0.845. The van der Waals surface area contributed by atoms with Gasteiger partial charge in [-0.05, 0) is 31.9 Å². The van der Waals surface area contributed by atoms with Crippen LogP contribution in [0, 0.1) is 0 Å². The van der Waals surface area contributed by atoms with Crippen molar-refractivity contribution in [1.29, 1.82) is 0 Å². The molecule has 92 valence electrons. The molecule has 3 nitrogen and oxygen atoms in total. The monoisotopic (exact) mass is 232 g/mol. The van der Waals surface area contributed by atoms with Gasteiger partial charge in [0.2, 0.25) is 5.91 Å². The molecule has 0 unspecified atom stereocenters. The summed E-state index contributed by atoms with van der Waals surface area (Å²) in [4.78, 5) is 13.9. The molecule has 0 spiro atoms. The number of nitrogens with zero attached hydrogens (tertiary/aromatic N) is 1. The van der Waals surface area contributed by atoms with Gasteiger partial charge in [-0.1, -0.05) is 25.1 Å². The molecule has 3 heteroatoms. The molecule has 0 atom stereocenters. The number of anilines is 1. The lowest BCUT2D eigenvalue weighted by Crippen LogP contribution is -2.60. The fraction of sp³-hybridized carbons (Fsp3) is 0.500. The maximum absolute atomic E-state index is 11.7. The summed E-state index contributed by atoms with van der Waals surface area (Å²) in [5.74, 6) is 0.104. The van der Waals surface area contributed by atoms with Gasteiger partial charge in [-0.3, -0.25) is 4.79 Å². The van der Waals surface area contributed by atoms with E-state index in [0.717, 1.165) is 13.0 Å². The predicted molar refractivity (Wildman–Crippen MR) is 70.3 cm³/mol. The maximum Gasteiger partial charge on any atom is 0.239 e. The van der Waals surface area contributed by atoms with Gasteiger partial charge in [-0.25, -0.2) is 0 Å². The second-order valence-corrected chi connectivity index (χ2v) is 5.27. The Morgan fingerprint density at radius 1 is 1.35 bits per heavy atom. The van der Waals surface area contributed by atoms with Gasteiger partial charge in [0.15, 0.2) is 0 Å². The third kappa shape index (κ3) is 2.60. The van der Waals surface area contributed by atoms with Crippen molar-refractivity contribution in [3.8, 4) is 0 Å². The van der Waals surface area contributed by atoms with Gasteiger partial charge < -0.3 is 10.2 Å². The Morgan fingerprint density at radius 3 is 2.71 bits per heavy atom. The average molecular weight is 232 g/mol. The van der Waals surface area contributed by atoms with Crippen molar-refractivity contribution in [2.75, 3.05) is 18.0 Å². The van der Waals surface area contributed by atoms with Crippen molar-refractivity contribution in [2.24, 2.45) is 0 Å². The minimum Gasteiger partial charge on any atom is -0.360 e. The van der Waals surface area contributed by atoms with E-state index in [0.29, 0.717) is 6.54 Å². The summed E-state index contributed by atoms with van der Waals surface area (Å²) in [5.41, 5.74) is 2.34. The average Bonchev–Trinajstić information content (AvgIpc) is 2.26. The lowest BCUT2D eigenvalue weighted by Gasteiger charge is -2.40. The molecule has 1 aliphatic heterocycles. The van der Waals surface area contributed by atoms with Crippen LogP contribution in [0.5, 0.6) is 0 Å². The van der Waals surface area contributed by atoms with Crippen LogP contribution in [-0.4, -0.2) is 24.5 Å². The van der Waals surface area contributed by atoms with E-state index in [9.17, 15) is 4.79 Å². The van der Waals surface area contributed by atoms with Crippen LogP contribution in [0.3, 0.4) is 0 Å². The third-order valence-electron chi connectivity index (χ3n) is 3.11. The number of carbonyl (C=O) groups is 1. The van der Waals surface area contributed by atoms with E-state index in [1.807, 2.05) is 6.07 Å². The van der Waals surface area contributed by atoms with Crippen LogP contribution in [0.15, 0.2) is 24.3 Å². The Balaban J connectivity index is 2.30. The molecule has 1 aromatic carbocycles. The molecule has 0 bridgehead atoms. The molecule has 1 N–H and O–H groups in total. The molecule has 1 aromatic rings. The van der Waals surface area contributed by atoms with Crippen LogP contribution in [0.25, 0.3) is 0 Å². The Kier molecular flexibility index (Phi) is 3.09. The minimum absolute atomic E-state index is 0.104. The Morgan fingerprint density at radius 2 is 2.06 bits per heavy atom. The normalized spacial score (nSPS) is 19.0. The summed E-state index contributed by atoms with van der Waals surface area (Å²) < 4.78 is 0. The molecule has 0 saturated carbocycles. The number of amides is 1. The SMILES string of the molecule is CCc1ccccc1N1CC(=O)NC(C)(C)C1. The Bertz CT molecular complexity index is 426. The highest BCUT2D eigenvalue weighted by molar-refractivity contribution is 5.84. The molecule has 1 amide bonds. The molecule has 2 rings (SSSR count). The lowest BCUT2D eigenvalue weighted by molar-refractivity contribution is -0.122. The van der Waals surface area contributed by atoms with Crippen LogP contribution >= 0.6 is 0 Å². The second-order valence-electron chi connectivity index (χ2n) is 5.27. The number of hydrogen-bond acceptors (Lipinski definition) is 2. The van der Waals surface area contributed by atoms with Gasteiger partial charge >= 0.3 is 0 Å². The van der Waals surface area contributed by atoms with Crippen LogP contribution in [-0.2, 0) is 11.2 Å². The zero-order valence-electron chi connectivity index (χ0n) is 10.8. The van der Waals surface area contributed by atoms with E-state index in [1.54, 1.807) is 0 Å². The summed E-state index contributed by atoms with van der Waals surface area (Å²) in [6, 6.07) is 8.33. The molecule has 1 saturated heterocycles. The topological polar surface area (TPSA) is 32.3 Å². The molecule has 1 heterocycles. The van der Waals surface area contributed by atoms with Gasteiger partial charge in [-0.15, -0.1) is 0 Å². The van der Waals surface area contributed by atoms with Crippen molar-refractivity contribution in [2.45, 2.75) is 32.7 Å². The number of hydrogen-bond donors (Lipinski definition) is 1. The van der Waals surface area contributed by atoms with Gasteiger partial charge in [0.25, 0.3) is 0 Å². The first-order valence-corrected chi connectivity index (χ1v) is 6.16. The summed E-state index contributed by atoms with van der Waals surface area (Å²) in [7, 11) is 0. The summed E-state index contributed by atoms with van der Waals surface area (Å²) >= 11 is 0. The largest absolute Gasteiger partial charge is 0.360 e. The fourth-order valence-electron chi connectivity index (χ4n) is 2.45. The molecule has 1 aliphatic rings. The first-order chi connectivity index (χ1) is 8.02. The summed E-state index contributed by atoms with van der Waals surface area (Å²) in [6.07, 6.45) is 0.995. The Labute approximate surface area is 103 Å². The summed E-state index contributed by atoms with van der Waals surface area (Å²) in [5, 5.41) is 3.01. The minimum atomic E-state index is -0.157. The second kappa shape index (κ2) is 4.40. The predicted octanol–water partition coefficient (Wildman–Crippen LogP) is 1.96. The molecule has 1 fully saturated rings. The number of para-hydroxylation sites is 1. The number of piperazine rings is 1. The molecule has 17 heavy (non-hydrogen) atoms. The van der Waals surface area contributed by atoms with Gasteiger partial charge in [-0.2, -0.15) is 0 Å². The van der Waals surface area contributed by atoms with Crippen molar-refractivity contribution in [3.63, 3.8) is 0 Å². The highest BCUT2D eigenvalue weighted by Gasteiger charge is 2.31. The molecular weight excluding hydrogens is 212 g/mol. The van der Waals surface area contributed by atoms with Crippen molar-refractivity contribution < 1.29 is 4.79 Å². The highest BCUT2D eigenvalue weighted by atomic mass is 16.2. The van der Waals surface area contributed by atoms with Gasteiger partial charge in [0.05, 0.1) is 12.1 Å². The zero-order chi connectivity index (χ0) is 12.5. The number of benzene rings is 1. The first kappa shape index (κ1) is 12.0. The molecule has 0 radical (unpaired) electrons. The molecular formula is C14H20N2O. The van der Waals surface area contributed by atoms with Gasteiger partial charge in [0.1, 0.15) is 0 Å². The number of nitrogens with one attached hydrogen (secondary N) is 1. The Hall–Kier alpha value is -1.51. The first-order valence-electron chi connectivity index (χ1n) is 6.16. The smallest absolute Gasteiger partial charge is 0.239 e. The summed E-state index contributed by atoms with van der Waals surface area (Å²) in [6.45, 7) is 7.58. The molecule has 0 aromatic heterocycles. The standard InChI is InChI=1S/C14H20N2O/c1-4-11-7-5-6-8-12(11)16-9-13(17)15-14(2,3)10-16/h5-8H,4,9-10H2,1-3H3,(H,15,17). The van der Waals surface area contributed by atoms with E-state index in [-0.39, 0.29) is 11.4 Å². The van der Waals surface area contributed by atoms with Crippen molar-refractivity contribution in [1.82, 2.24) is 5.32 Å². The fourth-order valence-corrected chi connectivity index (χ4v) is 2.45. The van der Waals surface area contributed by atoms with E-state index in [1.165, 1.54) is 11.3 Å². The van der Waals surface area contributed by atoms with E-state index < -0.39 is 0 Å². The van der Waals surface area contributed by atoms with E-state index in [4.69, 9.17) is 0 Å². The zero-order valence-corrected chi connectivity index (χ0v) is 10.8. The number of aryl methyl sites for hydroxylation is 1. The highest BCUT2D eigenvalue weighted by Crippen LogP contribution is 2.24. The van der Waals surface area contributed by atoms with Crippen LogP contribution in [0.1, 0.15) is 26.3 Å². The van der Waals surface area contributed by atoms with Crippen molar-refractivity contribution in [3.05, 3.63) is 29.8 Å². The van der Waals surface area contributed by atoms with Crippen LogP contribution in [0.2, 0.25) is 0 Å². The number of carbonyl (C=O) groups excluding carboxylic acids is 1. The van der Waals surface area contributed by atoms with Crippen molar-refractivity contribution >= 4 is 11.6 Å². The van der Waals surface area contributed by atoms with Crippen LogP contribution < -0.4 is 10.2 Å². The van der Waals surface area contributed by atoms with Gasteiger partial charge in [0, 0.05) is 12.2 Å². The lowest BCUT2D eigenvalue weighted by atomic mass is 10.00. The maximum atomic E-state index is 11.7. The van der Waals surface area contributed by atoms with E-state index >= 15 is 0 Å². The number of rotatable bonds is 2. The van der Waals surface area contributed by atoms with Crippen LogP contribution in [0.4, 0.5) is 5.69 Å². The third-order valence-corrected chi connectivity index (χ3v) is 3.11. The molecule has 0 aliphatic carbocycles. The van der Waals surface area contributed by atoms with E-state index in [2.05, 4.69) is 49.2 Å².